The minimum atomic E-state index is -4.21. The molecule has 1 aliphatic heterocycles. The van der Waals surface area contributed by atoms with Crippen LogP contribution in [0.15, 0.2) is 82.8 Å². The van der Waals surface area contributed by atoms with Gasteiger partial charge in [-0.3, -0.25) is 14.9 Å². The number of ether oxygens (including phenoxy) is 2. The van der Waals surface area contributed by atoms with Crippen LogP contribution < -0.4 is 8.92 Å². The van der Waals surface area contributed by atoms with Crippen LogP contribution in [0.25, 0.3) is 0 Å². The van der Waals surface area contributed by atoms with Crippen molar-refractivity contribution in [1.82, 2.24) is 5.01 Å². The maximum Gasteiger partial charge on any atom is 0.339 e. The number of rotatable bonds is 7. The standard InChI is InChI=1S/C23H19N3O8S/c1-15(27)25-23(33-22(24-25)16-3-9-19(32-2)10-4-16)17-5-11-20(12-6-17)34-35(30,31)21-13-7-18(8-14-21)26(28)29/h3-14,23H,1-2H3/t23-/m1/s1. The van der Waals surface area contributed by atoms with Crippen molar-refractivity contribution in [1.29, 1.82) is 0 Å². The number of hydrazone groups is 1. The molecule has 3 aromatic rings. The van der Waals surface area contributed by atoms with Crippen LogP contribution in [0, 0.1) is 10.1 Å². The van der Waals surface area contributed by atoms with Gasteiger partial charge in [-0.05, 0) is 60.7 Å². The number of carbonyl (C=O) groups excluding carboxylic acids is 1. The lowest BCUT2D eigenvalue weighted by molar-refractivity contribution is -0.384. The lowest BCUT2D eigenvalue weighted by atomic mass is 10.2. The Labute approximate surface area is 200 Å². The maximum absolute atomic E-state index is 12.5. The molecule has 0 unspecified atom stereocenters. The molecule has 11 nitrogen and oxygen atoms in total. The lowest BCUT2D eigenvalue weighted by Gasteiger charge is -2.19. The summed E-state index contributed by atoms with van der Waals surface area (Å²) in [6.45, 7) is 1.35. The summed E-state index contributed by atoms with van der Waals surface area (Å²) in [5, 5.41) is 16.2. The first-order valence-corrected chi connectivity index (χ1v) is 11.6. The Morgan fingerprint density at radius 1 is 1.00 bits per heavy atom. The SMILES string of the molecule is COc1ccc(C2=NN(C(C)=O)[C@@H](c3ccc(OS(=O)(=O)c4ccc([N+](=O)[O-])cc4)cc3)O2)cc1. The maximum atomic E-state index is 12.5. The number of carbonyl (C=O) groups is 1. The van der Waals surface area contributed by atoms with Gasteiger partial charge in [-0.1, -0.05) is 0 Å². The van der Waals surface area contributed by atoms with Crippen LogP contribution in [0.5, 0.6) is 11.5 Å². The second-order valence-electron chi connectivity index (χ2n) is 7.32. The van der Waals surface area contributed by atoms with Crippen molar-refractivity contribution in [3.63, 3.8) is 0 Å². The average molecular weight is 497 g/mol. The van der Waals surface area contributed by atoms with Crippen LogP contribution in [0.2, 0.25) is 0 Å². The molecule has 1 atom stereocenters. The summed E-state index contributed by atoms with van der Waals surface area (Å²) < 4.78 is 41.2. The minimum absolute atomic E-state index is 0.00997. The molecule has 0 fully saturated rings. The van der Waals surface area contributed by atoms with Crippen molar-refractivity contribution in [3.8, 4) is 11.5 Å². The number of hydrogen-bond donors (Lipinski definition) is 0. The zero-order chi connectivity index (χ0) is 25.2. The molecule has 12 heteroatoms. The molecule has 0 spiro atoms. The largest absolute Gasteiger partial charge is 0.497 e. The van der Waals surface area contributed by atoms with E-state index in [4.69, 9.17) is 13.7 Å². The van der Waals surface area contributed by atoms with Crippen LogP contribution in [0.4, 0.5) is 5.69 Å². The molecular formula is C23H19N3O8S. The third-order valence-electron chi connectivity index (χ3n) is 5.01. The van der Waals surface area contributed by atoms with Crippen LogP contribution in [-0.4, -0.2) is 37.3 Å². The van der Waals surface area contributed by atoms with Gasteiger partial charge in [-0.15, -0.1) is 5.10 Å². The molecule has 4 rings (SSSR count). The summed E-state index contributed by atoms with van der Waals surface area (Å²) in [6.07, 6.45) is -0.857. The van der Waals surface area contributed by atoms with Crippen LogP contribution in [-0.2, 0) is 19.6 Å². The van der Waals surface area contributed by atoms with E-state index in [9.17, 15) is 23.3 Å². The van der Waals surface area contributed by atoms with E-state index in [0.717, 1.165) is 24.3 Å². The Hall–Kier alpha value is -4.45. The second-order valence-corrected chi connectivity index (χ2v) is 8.87. The summed E-state index contributed by atoms with van der Waals surface area (Å²) >= 11 is 0. The fourth-order valence-electron chi connectivity index (χ4n) is 3.23. The van der Waals surface area contributed by atoms with Gasteiger partial charge in [-0.2, -0.15) is 13.4 Å². The van der Waals surface area contributed by atoms with E-state index >= 15 is 0 Å². The molecule has 1 amide bonds. The smallest absolute Gasteiger partial charge is 0.339 e. The highest BCUT2D eigenvalue weighted by atomic mass is 32.2. The molecule has 0 N–H and O–H groups in total. The first-order valence-electron chi connectivity index (χ1n) is 10.2. The van der Waals surface area contributed by atoms with Crippen molar-refractivity contribution >= 4 is 27.6 Å². The monoisotopic (exact) mass is 497 g/mol. The van der Waals surface area contributed by atoms with Crippen LogP contribution in [0.3, 0.4) is 0 Å². The van der Waals surface area contributed by atoms with Gasteiger partial charge in [0, 0.05) is 30.2 Å². The third kappa shape index (κ3) is 5.06. The summed E-state index contributed by atoms with van der Waals surface area (Å²) in [5.74, 6) is 0.566. The predicted octanol–water partition coefficient (Wildman–Crippen LogP) is 3.61. The van der Waals surface area contributed by atoms with Crippen molar-refractivity contribution in [3.05, 3.63) is 94.0 Å². The molecule has 1 heterocycles. The average Bonchev–Trinajstić information content (AvgIpc) is 3.30. The molecule has 0 saturated heterocycles. The van der Waals surface area contributed by atoms with E-state index in [1.54, 1.807) is 43.5 Å². The fraction of sp³-hybridized carbons (Fsp3) is 0.130. The Kier molecular flexibility index (Phi) is 6.38. The van der Waals surface area contributed by atoms with Gasteiger partial charge < -0.3 is 13.7 Å². The van der Waals surface area contributed by atoms with E-state index in [-0.39, 0.29) is 28.1 Å². The summed E-state index contributed by atoms with van der Waals surface area (Å²) in [7, 11) is -2.66. The first kappa shape index (κ1) is 23.7. The number of non-ortho nitro benzene ring substituents is 1. The number of nitrogens with zero attached hydrogens (tertiary/aromatic N) is 3. The molecule has 1 aliphatic rings. The molecule has 0 aromatic heterocycles. The van der Waals surface area contributed by atoms with E-state index in [1.165, 1.54) is 24.1 Å². The van der Waals surface area contributed by atoms with E-state index in [0.29, 0.717) is 16.9 Å². The van der Waals surface area contributed by atoms with Gasteiger partial charge in [0.15, 0.2) is 0 Å². The van der Waals surface area contributed by atoms with Crippen LogP contribution >= 0.6 is 0 Å². The third-order valence-corrected chi connectivity index (χ3v) is 6.27. The Bertz CT molecular complexity index is 1390. The normalized spacial score (nSPS) is 15.2. The molecular weight excluding hydrogens is 478 g/mol. The quantitative estimate of drug-likeness (QED) is 0.274. The highest BCUT2D eigenvalue weighted by Crippen LogP contribution is 2.32. The van der Waals surface area contributed by atoms with Gasteiger partial charge in [0.25, 0.3) is 5.69 Å². The van der Waals surface area contributed by atoms with Gasteiger partial charge in [-0.25, -0.2) is 0 Å². The van der Waals surface area contributed by atoms with Crippen molar-refractivity contribution in [2.75, 3.05) is 7.11 Å². The second kappa shape index (κ2) is 9.43. The minimum Gasteiger partial charge on any atom is -0.497 e. The van der Waals surface area contributed by atoms with E-state index in [2.05, 4.69) is 5.10 Å². The number of benzene rings is 3. The first-order chi connectivity index (χ1) is 16.7. The number of hydrogen-bond acceptors (Lipinski definition) is 9. The molecule has 0 saturated carbocycles. The van der Waals surface area contributed by atoms with Gasteiger partial charge >= 0.3 is 10.1 Å². The Balaban J connectivity index is 1.51. The summed E-state index contributed by atoms with van der Waals surface area (Å²) in [5.41, 5.74) is 0.942. The number of nitro groups is 1. The highest BCUT2D eigenvalue weighted by Gasteiger charge is 2.33. The highest BCUT2D eigenvalue weighted by molar-refractivity contribution is 7.87. The number of nitro benzene ring substituents is 1. The molecule has 35 heavy (non-hydrogen) atoms. The zero-order valence-electron chi connectivity index (χ0n) is 18.5. The Morgan fingerprint density at radius 2 is 1.60 bits per heavy atom. The predicted molar refractivity (Wildman–Crippen MR) is 123 cm³/mol. The lowest BCUT2D eigenvalue weighted by Crippen LogP contribution is -2.25. The fourth-order valence-corrected chi connectivity index (χ4v) is 4.16. The van der Waals surface area contributed by atoms with Crippen molar-refractivity contribution in [2.24, 2.45) is 5.10 Å². The van der Waals surface area contributed by atoms with Gasteiger partial charge in [0.1, 0.15) is 16.4 Å². The molecule has 0 radical (unpaired) electrons. The molecule has 3 aromatic carbocycles. The van der Waals surface area contributed by atoms with Crippen molar-refractivity contribution < 1.29 is 31.8 Å². The summed E-state index contributed by atoms with van der Waals surface area (Å²) in [4.78, 5) is 22.1. The van der Waals surface area contributed by atoms with E-state index in [1.807, 2.05) is 0 Å². The summed E-state index contributed by atoms with van der Waals surface area (Å²) in [6, 6.07) is 17.2. The topological polar surface area (TPSA) is 138 Å². The molecule has 180 valence electrons. The van der Waals surface area contributed by atoms with Crippen molar-refractivity contribution in [2.45, 2.75) is 18.0 Å². The van der Waals surface area contributed by atoms with Gasteiger partial charge in [0.2, 0.25) is 18.0 Å². The molecule has 0 bridgehead atoms. The number of amides is 1. The van der Waals surface area contributed by atoms with Crippen LogP contribution in [0.1, 0.15) is 24.3 Å². The number of methoxy groups -OCH3 is 1. The zero-order valence-corrected chi connectivity index (χ0v) is 19.3. The molecule has 0 aliphatic carbocycles. The van der Waals surface area contributed by atoms with Gasteiger partial charge in [0.05, 0.1) is 12.0 Å². The van der Waals surface area contributed by atoms with E-state index < -0.39 is 21.3 Å². The Morgan fingerprint density at radius 3 is 2.14 bits per heavy atom.